The van der Waals surface area contributed by atoms with Gasteiger partial charge in [0.25, 0.3) is 17.7 Å². The standard InChI is InChI=1S/C18H15F2N3O5S/c1-10(16-22-23-17(28-16)13-6-3-7-29-13)26-14(24)9-21-15(25)11-4-2-5-12(8-11)27-18(19)20/h2-8,10,18H,9H2,1H3,(H,21,25). The summed E-state index contributed by atoms with van der Waals surface area (Å²) < 4.78 is 39.4. The van der Waals surface area contributed by atoms with E-state index in [0.29, 0.717) is 5.89 Å². The average molecular weight is 423 g/mol. The smallest absolute Gasteiger partial charge is 0.387 e. The van der Waals surface area contributed by atoms with Gasteiger partial charge in [0.15, 0.2) is 6.10 Å². The Bertz CT molecular complexity index is 978. The van der Waals surface area contributed by atoms with Crippen molar-refractivity contribution in [2.24, 2.45) is 0 Å². The van der Waals surface area contributed by atoms with Gasteiger partial charge in [0, 0.05) is 5.56 Å². The van der Waals surface area contributed by atoms with Gasteiger partial charge in [-0.3, -0.25) is 9.59 Å². The van der Waals surface area contributed by atoms with E-state index in [4.69, 9.17) is 9.15 Å². The molecule has 0 aliphatic heterocycles. The second kappa shape index (κ2) is 9.24. The number of rotatable bonds is 8. The van der Waals surface area contributed by atoms with Gasteiger partial charge in [-0.1, -0.05) is 12.1 Å². The zero-order valence-electron chi connectivity index (χ0n) is 15.0. The Labute approximate surface area is 167 Å². The molecule has 1 aromatic carbocycles. The third-order valence-corrected chi connectivity index (χ3v) is 4.40. The van der Waals surface area contributed by atoms with E-state index in [9.17, 15) is 18.4 Å². The Balaban J connectivity index is 1.51. The van der Waals surface area contributed by atoms with Crippen molar-refractivity contribution >= 4 is 23.2 Å². The molecular formula is C18H15F2N3O5S. The number of benzene rings is 1. The number of carbonyl (C=O) groups excluding carboxylic acids is 2. The van der Waals surface area contributed by atoms with Gasteiger partial charge in [0.05, 0.1) is 4.88 Å². The molecule has 3 aromatic rings. The molecule has 0 saturated heterocycles. The van der Waals surface area contributed by atoms with E-state index in [1.807, 2.05) is 17.5 Å². The lowest BCUT2D eigenvalue weighted by Gasteiger charge is -2.10. The van der Waals surface area contributed by atoms with Gasteiger partial charge in [-0.05, 0) is 36.6 Å². The summed E-state index contributed by atoms with van der Waals surface area (Å²) in [5, 5.41) is 12.0. The van der Waals surface area contributed by atoms with E-state index >= 15 is 0 Å². The molecule has 1 amide bonds. The molecule has 8 nitrogen and oxygen atoms in total. The molecule has 2 heterocycles. The number of alkyl halides is 2. The molecule has 1 atom stereocenters. The minimum absolute atomic E-state index is 0.0569. The fourth-order valence-corrected chi connectivity index (χ4v) is 2.90. The summed E-state index contributed by atoms with van der Waals surface area (Å²) in [7, 11) is 0. The van der Waals surface area contributed by atoms with Gasteiger partial charge in [-0.15, -0.1) is 21.5 Å². The number of hydrogen-bond acceptors (Lipinski definition) is 8. The van der Waals surface area contributed by atoms with Gasteiger partial charge in [-0.2, -0.15) is 8.78 Å². The van der Waals surface area contributed by atoms with Crippen LogP contribution in [0.25, 0.3) is 10.8 Å². The van der Waals surface area contributed by atoms with Crippen LogP contribution in [0, 0.1) is 0 Å². The van der Waals surface area contributed by atoms with Crippen molar-refractivity contribution in [1.82, 2.24) is 15.5 Å². The Morgan fingerprint density at radius 2 is 2.07 bits per heavy atom. The molecule has 0 aliphatic rings. The molecule has 11 heteroatoms. The largest absolute Gasteiger partial charge is 0.451 e. The molecule has 0 bridgehead atoms. The van der Waals surface area contributed by atoms with Crippen molar-refractivity contribution < 1.29 is 32.3 Å². The highest BCUT2D eigenvalue weighted by Crippen LogP contribution is 2.25. The highest BCUT2D eigenvalue weighted by Gasteiger charge is 2.20. The number of nitrogens with one attached hydrogen (secondary N) is 1. The number of amides is 1. The molecule has 0 fully saturated rings. The van der Waals surface area contributed by atoms with Crippen molar-refractivity contribution in [3.05, 3.63) is 53.2 Å². The first-order chi connectivity index (χ1) is 13.9. The molecule has 0 spiro atoms. The highest BCUT2D eigenvalue weighted by atomic mass is 32.1. The van der Waals surface area contributed by atoms with Crippen LogP contribution in [0.5, 0.6) is 5.75 Å². The van der Waals surface area contributed by atoms with E-state index in [2.05, 4.69) is 20.3 Å². The SMILES string of the molecule is CC(OC(=O)CNC(=O)c1cccc(OC(F)F)c1)c1nnc(-c2cccs2)o1. The number of esters is 1. The summed E-state index contributed by atoms with van der Waals surface area (Å²) in [6, 6.07) is 8.86. The number of nitrogens with zero attached hydrogens (tertiary/aromatic N) is 2. The first-order valence-electron chi connectivity index (χ1n) is 8.32. The van der Waals surface area contributed by atoms with E-state index < -0.39 is 31.1 Å². The van der Waals surface area contributed by atoms with Crippen LogP contribution in [0.4, 0.5) is 8.78 Å². The summed E-state index contributed by atoms with van der Waals surface area (Å²) in [4.78, 5) is 24.8. The summed E-state index contributed by atoms with van der Waals surface area (Å²) in [5.41, 5.74) is 0.0569. The first-order valence-corrected chi connectivity index (χ1v) is 9.20. The monoisotopic (exact) mass is 423 g/mol. The van der Waals surface area contributed by atoms with E-state index in [1.54, 1.807) is 6.92 Å². The third kappa shape index (κ3) is 5.57. The summed E-state index contributed by atoms with van der Waals surface area (Å²) in [6.45, 7) is -1.89. The van der Waals surface area contributed by atoms with Crippen LogP contribution in [0.2, 0.25) is 0 Å². The predicted octanol–water partition coefficient (Wildman–Crippen LogP) is 3.43. The fourth-order valence-electron chi connectivity index (χ4n) is 2.26. The summed E-state index contributed by atoms with van der Waals surface area (Å²) in [6.07, 6.45) is -0.816. The van der Waals surface area contributed by atoms with Gasteiger partial charge < -0.3 is 19.2 Å². The Morgan fingerprint density at radius 1 is 1.24 bits per heavy atom. The van der Waals surface area contributed by atoms with Crippen molar-refractivity contribution in [2.45, 2.75) is 19.6 Å². The van der Waals surface area contributed by atoms with Gasteiger partial charge >= 0.3 is 12.6 Å². The molecule has 0 radical (unpaired) electrons. The van der Waals surface area contributed by atoms with Crippen LogP contribution in [0.1, 0.15) is 29.3 Å². The second-order valence-electron chi connectivity index (χ2n) is 5.64. The van der Waals surface area contributed by atoms with Crippen molar-refractivity contribution in [3.8, 4) is 16.5 Å². The Morgan fingerprint density at radius 3 is 2.79 bits per heavy atom. The van der Waals surface area contributed by atoms with E-state index in [0.717, 1.165) is 10.9 Å². The molecule has 3 rings (SSSR count). The zero-order chi connectivity index (χ0) is 20.8. The summed E-state index contributed by atoms with van der Waals surface area (Å²) in [5.74, 6) is -1.11. The van der Waals surface area contributed by atoms with Gasteiger partial charge in [0.2, 0.25) is 0 Å². The van der Waals surface area contributed by atoms with Crippen molar-refractivity contribution in [3.63, 3.8) is 0 Å². The van der Waals surface area contributed by atoms with Crippen LogP contribution in [-0.4, -0.2) is 35.2 Å². The molecule has 29 heavy (non-hydrogen) atoms. The van der Waals surface area contributed by atoms with Crippen LogP contribution in [0.3, 0.4) is 0 Å². The van der Waals surface area contributed by atoms with Crippen LogP contribution in [-0.2, 0) is 9.53 Å². The Kier molecular flexibility index (Phi) is 6.50. The van der Waals surface area contributed by atoms with Crippen LogP contribution < -0.4 is 10.1 Å². The molecular weight excluding hydrogens is 408 g/mol. The Hall–Kier alpha value is -3.34. The van der Waals surface area contributed by atoms with Crippen molar-refractivity contribution in [1.29, 1.82) is 0 Å². The lowest BCUT2D eigenvalue weighted by molar-refractivity contribution is -0.148. The quantitative estimate of drug-likeness (QED) is 0.554. The van der Waals surface area contributed by atoms with Crippen LogP contribution >= 0.6 is 11.3 Å². The zero-order valence-corrected chi connectivity index (χ0v) is 15.8. The maximum absolute atomic E-state index is 12.2. The maximum atomic E-state index is 12.2. The van der Waals surface area contributed by atoms with E-state index in [-0.39, 0.29) is 17.2 Å². The lowest BCUT2D eigenvalue weighted by Crippen LogP contribution is -2.31. The maximum Gasteiger partial charge on any atom is 0.387 e. The number of carbonyl (C=O) groups is 2. The summed E-state index contributed by atoms with van der Waals surface area (Å²) >= 11 is 1.43. The van der Waals surface area contributed by atoms with Gasteiger partial charge in [0.1, 0.15) is 12.3 Å². The number of aromatic nitrogens is 2. The topological polar surface area (TPSA) is 104 Å². The second-order valence-corrected chi connectivity index (χ2v) is 6.59. The molecule has 1 N–H and O–H groups in total. The number of ether oxygens (including phenoxy) is 2. The van der Waals surface area contributed by atoms with Crippen LogP contribution in [0.15, 0.2) is 46.2 Å². The molecule has 0 aliphatic carbocycles. The minimum Gasteiger partial charge on any atom is -0.451 e. The normalized spacial score (nSPS) is 11.9. The van der Waals surface area contributed by atoms with E-state index in [1.165, 1.54) is 29.5 Å². The average Bonchev–Trinajstić information content (AvgIpc) is 3.37. The molecule has 152 valence electrons. The number of hydrogen-bond donors (Lipinski definition) is 1. The minimum atomic E-state index is -3.00. The number of halogens is 2. The third-order valence-electron chi connectivity index (χ3n) is 3.54. The lowest BCUT2D eigenvalue weighted by atomic mass is 10.2. The molecule has 0 saturated carbocycles. The first kappa shape index (κ1) is 20.4. The fraction of sp³-hybridized carbons (Fsp3) is 0.222. The van der Waals surface area contributed by atoms with Gasteiger partial charge in [-0.25, -0.2) is 0 Å². The predicted molar refractivity (Wildman–Crippen MR) is 97.5 cm³/mol. The molecule has 1 unspecified atom stereocenters. The number of thiophene rings is 1. The van der Waals surface area contributed by atoms with Crippen molar-refractivity contribution in [2.75, 3.05) is 6.54 Å². The molecule has 2 aromatic heterocycles. The highest BCUT2D eigenvalue weighted by molar-refractivity contribution is 7.13.